The van der Waals surface area contributed by atoms with E-state index >= 15 is 0 Å². The van der Waals surface area contributed by atoms with E-state index in [4.69, 9.17) is 4.98 Å². The van der Waals surface area contributed by atoms with Crippen molar-refractivity contribution in [2.45, 2.75) is 52.6 Å². The summed E-state index contributed by atoms with van der Waals surface area (Å²) in [6.45, 7) is 11.3. The largest absolute Gasteiger partial charge is 0.344 e. The van der Waals surface area contributed by atoms with Crippen LogP contribution >= 0.6 is 0 Å². The fourth-order valence-corrected chi connectivity index (χ4v) is 4.22. The molecule has 0 radical (unpaired) electrons. The van der Waals surface area contributed by atoms with Crippen molar-refractivity contribution in [3.8, 4) is 22.6 Å². The van der Waals surface area contributed by atoms with E-state index in [2.05, 4.69) is 57.3 Å². The van der Waals surface area contributed by atoms with Gasteiger partial charge in [-0.3, -0.25) is 4.79 Å². The van der Waals surface area contributed by atoms with Crippen molar-refractivity contribution in [1.29, 1.82) is 0 Å². The summed E-state index contributed by atoms with van der Waals surface area (Å²) in [5.74, 6) is 0.679. The van der Waals surface area contributed by atoms with Crippen molar-refractivity contribution in [2.75, 3.05) is 0 Å². The second kappa shape index (κ2) is 9.68. The first-order chi connectivity index (χ1) is 16.3. The molecular weight excluding hydrogens is 418 g/mol. The normalized spacial score (nSPS) is 12.4. The van der Waals surface area contributed by atoms with Gasteiger partial charge in [-0.15, -0.1) is 0 Å². The molecule has 1 heterocycles. The molecule has 0 saturated heterocycles. The van der Waals surface area contributed by atoms with Crippen molar-refractivity contribution < 1.29 is 4.79 Å². The number of benzene rings is 3. The van der Waals surface area contributed by atoms with Crippen LogP contribution in [0.25, 0.3) is 22.6 Å². The third-order valence-corrected chi connectivity index (χ3v) is 6.20. The number of imidazole rings is 1. The van der Waals surface area contributed by atoms with E-state index in [0.717, 1.165) is 22.5 Å². The zero-order valence-corrected chi connectivity index (χ0v) is 20.7. The maximum absolute atomic E-state index is 13.7. The molecule has 4 nitrogen and oxygen atoms in total. The predicted molar refractivity (Wildman–Crippen MR) is 140 cm³/mol. The Morgan fingerprint density at radius 1 is 0.882 bits per heavy atom. The van der Waals surface area contributed by atoms with Gasteiger partial charge in [0.15, 0.2) is 0 Å². The number of hydrogen-bond acceptors (Lipinski definition) is 2. The van der Waals surface area contributed by atoms with E-state index in [1.54, 1.807) is 0 Å². The molecule has 4 aromatic rings. The highest BCUT2D eigenvalue weighted by molar-refractivity contribution is 5.99. The summed E-state index contributed by atoms with van der Waals surface area (Å²) in [7, 11) is 0. The highest BCUT2D eigenvalue weighted by Crippen LogP contribution is 2.32. The molecule has 34 heavy (non-hydrogen) atoms. The van der Waals surface area contributed by atoms with Gasteiger partial charge in [-0.25, -0.2) is 4.98 Å². The molecule has 0 bridgehead atoms. The van der Waals surface area contributed by atoms with Crippen molar-refractivity contribution in [3.05, 3.63) is 102 Å². The number of hydrogen-bond donors (Lipinski definition) is 1. The average Bonchev–Trinajstić information content (AvgIpc) is 3.24. The van der Waals surface area contributed by atoms with Crippen LogP contribution in [-0.4, -0.2) is 15.5 Å². The first-order valence-corrected chi connectivity index (χ1v) is 11.9. The molecule has 174 valence electrons. The smallest absolute Gasteiger partial charge is 0.270 e. The predicted octanol–water partition coefficient (Wildman–Crippen LogP) is 7.03. The minimum atomic E-state index is -0.122. The monoisotopic (exact) mass is 451 g/mol. The third kappa shape index (κ3) is 4.81. The Morgan fingerprint density at radius 3 is 2.03 bits per heavy atom. The Morgan fingerprint density at radius 2 is 1.47 bits per heavy atom. The second-order valence-electron chi connectivity index (χ2n) is 9.68. The molecular formula is C30H33N3O. The van der Waals surface area contributed by atoms with Gasteiger partial charge >= 0.3 is 0 Å². The summed E-state index contributed by atoms with van der Waals surface area (Å²) in [4.78, 5) is 18.7. The van der Waals surface area contributed by atoms with Crippen LogP contribution in [0.15, 0.2) is 84.9 Å². The fraction of sp³-hybridized carbons (Fsp3) is 0.267. The van der Waals surface area contributed by atoms with Gasteiger partial charge in [0.2, 0.25) is 0 Å². The van der Waals surface area contributed by atoms with E-state index < -0.39 is 0 Å². The maximum Gasteiger partial charge on any atom is 0.270 e. The van der Waals surface area contributed by atoms with Gasteiger partial charge in [0, 0.05) is 17.7 Å². The molecule has 0 saturated carbocycles. The van der Waals surface area contributed by atoms with Gasteiger partial charge in [0.25, 0.3) is 5.91 Å². The van der Waals surface area contributed by atoms with Crippen LogP contribution in [0.5, 0.6) is 0 Å². The van der Waals surface area contributed by atoms with Crippen LogP contribution in [0, 0.1) is 0 Å². The summed E-state index contributed by atoms with van der Waals surface area (Å²) >= 11 is 0. The maximum atomic E-state index is 13.7. The molecule has 1 aromatic heterocycles. The van der Waals surface area contributed by atoms with Crippen molar-refractivity contribution in [3.63, 3.8) is 0 Å². The minimum absolute atomic E-state index is 0.0574. The Hall–Kier alpha value is -3.66. The van der Waals surface area contributed by atoms with Gasteiger partial charge in [-0.05, 0) is 30.4 Å². The summed E-state index contributed by atoms with van der Waals surface area (Å²) in [5, 5.41) is 3.20. The number of nitrogens with zero attached hydrogens (tertiary/aromatic N) is 2. The molecule has 4 rings (SSSR count). The van der Waals surface area contributed by atoms with Crippen molar-refractivity contribution in [1.82, 2.24) is 14.9 Å². The number of carbonyl (C=O) groups excluding carboxylic acids is 1. The lowest BCUT2D eigenvalue weighted by atomic mass is 9.86. The lowest BCUT2D eigenvalue weighted by Crippen LogP contribution is -2.29. The zero-order valence-electron chi connectivity index (χ0n) is 20.7. The molecule has 1 N–H and O–H groups in total. The number of carbonyl (C=O) groups is 1. The molecule has 1 atom stereocenters. The van der Waals surface area contributed by atoms with Crippen LogP contribution in [0.2, 0.25) is 0 Å². The Balaban J connectivity index is 1.81. The fourth-order valence-electron chi connectivity index (χ4n) is 4.22. The van der Waals surface area contributed by atoms with E-state index in [9.17, 15) is 4.79 Å². The molecule has 0 aliphatic carbocycles. The van der Waals surface area contributed by atoms with Crippen LogP contribution in [0.4, 0.5) is 0 Å². The Labute approximate surface area is 202 Å². The molecule has 0 aliphatic heterocycles. The van der Waals surface area contributed by atoms with E-state index in [1.165, 1.54) is 5.56 Å². The van der Waals surface area contributed by atoms with Gasteiger partial charge in [-0.1, -0.05) is 106 Å². The molecule has 1 amide bonds. The standard InChI is InChI=1S/C30H33N3O/c1-6-33-27(29(34)31-21(2)22-13-9-7-10-14-22)26(32-28(33)24-15-11-8-12-16-24)23-17-19-25(20-18-23)30(3,4)5/h7-21H,6H2,1-5H3,(H,31,34)/t21-/m0/s1. The van der Waals surface area contributed by atoms with Crippen LogP contribution in [-0.2, 0) is 12.0 Å². The van der Waals surface area contributed by atoms with Gasteiger partial charge in [0.05, 0.1) is 6.04 Å². The Kier molecular flexibility index (Phi) is 6.69. The highest BCUT2D eigenvalue weighted by atomic mass is 16.2. The van der Waals surface area contributed by atoms with E-state index in [-0.39, 0.29) is 17.4 Å². The first-order valence-electron chi connectivity index (χ1n) is 11.9. The molecule has 0 aliphatic rings. The molecule has 3 aromatic carbocycles. The summed E-state index contributed by atoms with van der Waals surface area (Å²) in [6, 6.07) is 28.4. The first kappa shape index (κ1) is 23.5. The highest BCUT2D eigenvalue weighted by Gasteiger charge is 2.26. The molecule has 4 heteroatoms. The Bertz CT molecular complexity index is 1250. The van der Waals surface area contributed by atoms with E-state index in [0.29, 0.717) is 17.9 Å². The van der Waals surface area contributed by atoms with Gasteiger partial charge in [-0.2, -0.15) is 0 Å². The summed E-state index contributed by atoms with van der Waals surface area (Å²) < 4.78 is 2.02. The van der Waals surface area contributed by atoms with Crippen LogP contribution in [0.3, 0.4) is 0 Å². The summed E-state index contributed by atoms with van der Waals surface area (Å²) in [5.41, 5.74) is 5.60. The van der Waals surface area contributed by atoms with E-state index in [1.807, 2.05) is 72.2 Å². The lowest BCUT2D eigenvalue weighted by Gasteiger charge is -2.19. The molecule has 0 spiro atoms. The van der Waals surface area contributed by atoms with Gasteiger partial charge in [0.1, 0.15) is 17.2 Å². The zero-order chi connectivity index (χ0) is 24.3. The molecule has 0 fully saturated rings. The average molecular weight is 452 g/mol. The molecule has 0 unspecified atom stereocenters. The quantitative estimate of drug-likeness (QED) is 0.342. The SMILES string of the molecule is CCn1c(-c2ccccc2)nc(-c2ccc(C(C)(C)C)cc2)c1C(=O)N[C@@H](C)c1ccccc1. The lowest BCUT2D eigenvalue weighted by molar-refractivity contribution is 0.0931. The number of rotatable bonds is 6. The number of aromatic nitrogens is 2. The van der Waals surface area contributed by atoms with Gasteiger partial charge < -0.3 is 9.88 Å². The van der Waals surface area contributed by atoms with Crippen molar-refractivity contribution >= 4 is 5.91 Å². The van der Waals surface area contributed by atoms with Crippen LogP contribution in [0.1, 0.15) is 62.3 Å². The summed E-state index contributed by atoms with van der Waals surface area (Å²) in [6.07, 6.45) is 0. The topological polar surface area (TPSA) is 46.9 Å². The van der Waals surface area contributed by atoms with Crippen molar-refractivity contribution in [2.24, 2.45) is 0 Å². The number of nitrogens with one attached hydrogen (secondary N) is 1. The second-order valence-corrected chi connectivity index (χ2v) is 9.68. The third-order valence-electron chi connectivity index (χ3n) is 6.20. The number of amides is 1. The minimum Gasteiger partial charge on any atom is -0.344 e. The van der Waals surface area contributed by atoms with Crippen LogP contribution < -0.4 is 5.32 Å².